The van der Waals surface area contributed by atoms with E-state index in [2.05, 4.69) is 36.1 Å². The van der Waals surface area contributed by atoms with Crippen molar-refractivity contribution < 1.29 is 4.74 Å². The second kappa shape index (κ2) is 9.73. The van der Waals surface area contributed by atoms with Gasteiger partial charge >= 0.3 is 0 Å². The summed E-state index contributed by atoms with van der Waals surface area (Å²) in [6.45, 7) is 9.06. The monoisotopic (exact) mass is 265 g/mol. The third-order valence-corrected chi connectivity index (χ3v) is 2.77. The molecule has 4 nitrogen and oxygen atoms in total. The quantitative estimate of drug-likeness (QED) is 0.660. The van der Waals surface area contributed by atoms with E-state index >= 15 is 0 Å². The first-order valence-corrected chi connectivity index (χ1v) is 7.36. The van der Waals surface area contributed by atoms with Crippen LogP contribution >= 0.6 is 0 Å². The number of ether oxygens (including phenoxy) is 1. The molecule has 0 aliphatic carbocycles. The third kappa shape index (κ3) is 7.78. The van der Waals surface area contributed by atoms with E-state index in [1.165, 1.54) is 19.3 Å². The van der Waals surface area contributed by atoms with Gasteiger partial charge in [0.05, 0.1) is 18.5 Å². The minimum atomic E-state index is 0.639. The fourth-order valence-electron chi connectivity index (χ4n) is 1.74. The molecule has 0 saturated heterocycles. The van der Waals surface area contributed by atoms with Crippen LogP contribution in [0.3, 0.4) is 0 Å². The Hall–Kier alpha value is -1.16. The summed E-state index contributed by atoms with van der Waals surface area (Å²) in [6, 6.07) is 0. The van der Waals surface area contributed by atoms with Crippen LogP contribution in [0.5, 0.6) is 5.88 Å². The Bertz CT molecular complexity index is 342. The van der Waals surface area contributed by atoms with Gasteiger partial charge in [0.2, 0.25) is 5.88 Å². The Morgan fingerprint density at radius 3 is 2.79 bits per heavy atom. The molecule has 0 aliphatic rings. The van der Waals surface area contributed by atoms with Crippen LogP contribution in [0.15, 0.2) is 12.4 Å². The van der Waals surface area contributed by atoms with Gasteiger partial charge in [-0.3, -0.25) is 4.98 Å². The van der Waals surface area contributed by atoms with Crippen LogP contribution in [-0.4, -0.2) is 23.1 Å². The summed E-state index contributed by atoms with van der Waals surface area (Å²) in [5.41, 5.74) is 0.937. The average Bonchev–Trinajstić information content (AvgIpc) is 2.39. The molecule has 1 N–H and O–H groups in total. The van der Waals surface area contributed by atoms with Crippen LogP contribution in [0, 0.1) is 5.92 Å². The zero-order valence-corrected chi connectivity index (χ0v) is 12.5. The van der Waals surface area contributed by atoms with Gasteiger partial charge in [0.25, 0.3) is 0 Å². The first-order valence-electron chi connectivity index (χ1n) is 7.36. The molecule has 0 aliphatic heterocycles. The predicted molar refractivity (Wildman–Crippen MR) is 78.2 cm³/mol. The number of rotatable bonds is 10. The van der Waals surface area contributed by atoms with Gasteiger partial charge in [-0.1, -0.05) is 40.0 Å². The Kier molecular flexibility index (Phi) is 8.14. The molecule has 0 bridgehead atoms. The van der Waals surface area contributed by atoms with Gasteiger partial charge in [-0.05, 0) is 18.9 Å². The molecule has 4 heteroatoms. The Labute approximate surface area is 117 Å². The molecule has 1 aromatic rings. The summed E-state index contributed by atoms with van der Waals surface area (Å²) in [7, 11) is 0. The molecule has 19 heavy (non-hydrogen) atoms. The van der Waals surface area contributed by atoms with Crippen LogP contribution in [0.1, 0.15) is 52.1 Å². The van der Waals surface area contributed by atoms with Crippen molar-refractivity contribution in [2.24, 2.45) is 5.92 Å². The summed E-state index contributed by atoms with van der Waals surface area (Å²) in [6.07, 6.45) is 8.30. The van der Waals surface area contributed by atoms with Crippen molar-refractivity contribution in [2.75, 3.05) is 13.2 Å². The van der Waals surface area contributed by atoms with Crippen molar-refractivity contribution in [3.8, 4) is 5.88 Å². The number of unbranched alkanes of at least 4 members (excludes halogenated alkanes) is 3. The van der Waals surface area contributed by atoms with Crippen molar-refractivity contribution in [2.45, 2.75) is 53.0 Å². The molecule has 0 aromatic carbocycles. The molecule has 1 rings (SSSR count). The highest BCUT2D eigenvalue weighted by atomic mass is 16.5. The lowest BCUT2D eigenvalue weighted by atomic mass is 10.2. The highest BCUT2D eigenvalue weighted by molar-refractivity contribution is 5.08. The van der Waals surface area contributed by atoms with E-state index in [9.17, 15) is 0 Å². The van der Waals surface area contributed by atoms with Crippen LogP contribution in [0.4, 0.5) is 0 Å². The molecule has 0 atom stereocenters. The lowest BCUT2D eigenvalue weighted by Crippen LogP contribution is -2.19. The maximum absolute atomic E-state index is 5.62. The normalized spacial score (nSPS) is 10.9. The van der Waals surface area contributed by atoms with Gasteiger partial charge < -0.3 is 10.1 Å². The van der Waals surface area contributed by atoms with Crippen LogP contribution in [-0.2, 0) is 6.54 Å². The van der Waals surface area contributed by atoms with Gasteiger partial charge in [-0.2, -0.15) is 0 Å². The molecular weight excluding hydrogens is 238 g/mol. The van der Waals surface area contributed by atoms with Crippen molar-refractivity contribution >= 4 is 0 Å². The van der Waals surface area contributed by atoms with Crippen LogP contribution in [0.25, 0.3) is 0 Å². The van der Waals surface area contributed by atoms with E-state index in [1.807, 2.05) is 0 Å². The van der Waals surface area contributed by atoms with Crippen molar-refractivity contribution in [3.05, 3.63) is 18.1 Å². The first kappa shape index (κ1) is 15.9. The van der Waals surface area contributed by atoms with Gasteiger partial charge in [-0.25, -0.2) is 4.98 Å². The summed E-state index contributed by atoms with van der Waals surface area (Å²) in [5.74, 6) is 1.28. The maximum Gasteiger partial charge on any atom is 0.232 e. The fraction of sp³-hybridized carbons (Fsp3) is 0.733. The predicted octanol–water partition coefficient (Wildman–Crippen LogP) is 3.18. The molecule has 0 amide bonds. The topological polar surface area (TPSA) is 47.0 Å². The first-order chi connectivity index (χ1) is 9.22. The smallest absolute Gasteiger partial charge is 0.232 e. The third-order valence-electron chi connectivity index (χ3n) is 2.77. The van der Waals surface area contributed by atoms with E-state index < -0.39 is 0 Å². The Balaban J connectivity index is 2.27. The largest absolute Gasteiger partial charge is 0.477 e. The number of nitrogens with zero attached hydrogens (tertiary/aromatic N) is 2. The molecular formula is C15H27N3O. The van der Waals surface area contributed by atoms with Gasteiger partial charge in [0.15, 0.2) is 0 Å². The van der Waals surface area contributed by atoms with Crippen LogP contribution < -0.4 is 10.1 Å². The molecule has 0 spiro atoms. The summed E-state index contributed by atoms with van der Waals surface area (Å²) < 4.78 is 5.62. The lowest BCUT2D eigenvalue weighted by molar-refractivity contribution is 0.291. The van der Waals surface area contributed by atoms with Crippen LogP contribution in [0.2, 0.25) is 0 Å². The van der Waals surface area contributed by atoms with Gasteiger partial charge in [0.1, 0.15) is 0 Å². The maximum atomic E-state index is 5.62. The highest BCUT2D eigenvalue weighted by Crippen LogP contribution is 2.07. The van der Waals surface area contributed by atoms with E-state index in [0.717, 1.165) is 31.8 Å². The van der Waals surface area contributed by atoms with E-state index in [-0.39, 0.29) is 0 Å². The Morgan fingerprint density at radius 2 is 2.05 bits per heavy atom. The Morgan fingerprint density at radius 1 is 1.21 bits per heavy atom. The summed E-state index contributed by atoms with van der Waals surface area (Å²) in [4.78, 5) is 8.61. The fourth-order valence-corrected chi connectivity index (χ4v) is 1.74. The number of hydrogen-bond donors (Lipinski definition) is 1. The van der Waals surface area contributed by atoms with Gasteiger partial charge in [0, 0.05) is 12.7 Å². The number of aromatic nitrogens is 2. The molecule has 0 unspecified atom stereocenters. The zero-order chi connectivity index (χ0) is 13.9. The molecule has 1 heterocycles. The van der Waals surface area contributed by atoms with E-state index in [1.54, 1.807) is 12.4 Å². The zero-order valence-electron chi connectivity index (χ0n) is 12.5. The van der Waals surface area contributed by atoms with Crippen molar-refractivity contribution in [3.63, 3.8) is 0 Å². The van der Waals surface area contributed by atoms with Gasteiger partial charge in [-0.15, -0.1) is 0 Å². The van der Waals surface area contributed by atoms with E-state index in [4.69, 9.17) is 4.74 Å². The van der Waals surface area contributed by atoms with Crippen molar-refractivity contribution in [1.29, 1.82) is 0 Å². The molecule has 0 fully saturated rings. The SMILES string of the molecule is CCCCCCOc1cncc(CNCC(C)C)n1. The summed E-state index contributed by atoms with van der Waals surface area (Å²) in [5, 5.41) is 3.35. The molecule has 0 radical (unpaired) electrons. The average molecular weight is 265 g/mol. The molecule has 0 saturated carbocycles. The number of nitrogens with one attached hydrogen (secondary N) is 1. The molecule has 1 aromatic heterocycles. The highest BCUT2D eigenvalue weighted by Gasteiger charge is 2.00. The minimum absolute atomic E-state index is 0.639. The molecule has 108 valence electrons. The van der Waals surface area contributed by atoms with E-state index in [0.29, 0.717) is 11.8 Å². The summed E-state index contributed by atoms with van der Waals surface area (Å²) >= 11 is 0. The number of hydrogen-bond acceptors (Lipinski definition) is 4. The van der Waals surface area contributed by atoms with Crippen molar-refractivity contribution in [1.82, 2.24) is 15.3 Å². The standard InChI is InChI=1S/C15H27N3O/c1-4-5-6-7-8-19-15-12-17-11-14(18-15)10-16-9-13(2)3/h11-13,16H,4-10H2,1-3H3. The lowest BCUT2D eigenvalue weighted by Gasteiger charge is -2.08. The second-order valence-corrected chi connectivity index (χ2v) is 5.28. The second-order valence-electron chi connectivity index (χ2n) is 5.28. The minimum Gasteiger partial charge on any atom is -0.477 e.